The number of anilines is 1. The molecular weight excluding hydrogens is 228 g/mol. The molecule has 1 aliphatic rings. The normalized spacial score (nSPS) is 23.6. The molecule has 18 heavy (non-hydrogen) atoms. The number of nitrogens with zero attached hydrogens (tertiary/aromatic N) is 2. The summed E-state index contributed by atoms with van der Waals surface area (Å²) >= 11 is 0. The largest absolute Gasteiger partial charge is 0.378 e. The summed E-state index contributed by atoms with van der Waals surface area (Å²) in [6, 6.07) is 2.27. The minimum Gasteiger partial charge on any atom is -0.378 e. The molecule has 0 amide bonds. The van der Waals surface area contributed by atoms with Crippen LogP contribution in [0.15, 0.2) is 6.07 Å². The van der Waals surface area contributed by atoms with E-state index in [9.17, 15) is 0 Å². The van der Waals surface area contributed by atoms with Crippen LogP contribution in [0.4, 0.5) is 5.95 Å². The van der Waals surface area contributed by atoms with Gasteiger partial charge in [-0.05, 0) is 18.9 Å². The van der Waals surface area contributed by atoms with Crippen molar-refractivity contribution in [3.8, 4) is 0 Å². The van der Waals surface area contributed by atoms with Crippen molar-refractivity contribution in [3.63, 3.8) is 0 Å². The lowest BCUT2D eigenvalue weighted by Crippen LogP contribution is -2.34. The molecule has 2 atom stereocenters. The highest BCUT2D eigenvalue weighted by Crippen LogP contribution is 2.16. The van der Waals surface area contributed by atoms with Crippen LogP contribution in [0.25, 0.3) is 0 Å². The van der Waals surface area contributed by atoms with Crippen molar-refractivity contribution in [2.75, 3.05) is 25.5 Å². The van der Waals surface area contributed by atoms with E-state index in [0.717, 1.165) is 24.5 Å². The van der Waals surface area contributed by atoms with Crippen molar-refractivity contribution in [3.05, 3.63) is 17.5 Å². The molecule has 2 heterocycles. The van der Waals surface area contributed by atoms with E-state index in [1.807, 2.05) is 13.0 Å². The molecular formula is C13H22N4O. The van der Waals surface area contributed by atoms with Crippen molar-refractivity contribution in [2.45, 2.75) is 38.8 Å². The van der Waals surface area contributed by atoms with Gasteiger partial charge in [-0.2, -0.15) is 0 Å². The standard InChI is InChI=1S/C13H22N4O/c1-8(2)10-5-9(3)15-13(16-10)17-11-6-14-7-12(11)18-4/h5,8,11-12,14H,6-7H2,1-4H3,(H,15,16,17)/t11?,12-/m0/s1. The zero-order chi connectivity index (χ0) is 13.1. The minimum absolute atomic E-state index is 0.177. The molecule has 1 fully saturated rings. The molecule has 2 rings (SSSR count). The van der Waals surface area contributed by atoms with Gasteiger partial charge >= 0.3 is 0 Å². The first kappa shape index (κ1) is 13.2. The quantitative estimate of drug-likeness (QED) is 0.843. The first-order chi connectivity index (χ1) is 8.60. The summed E-state index contributed by atoms with van der Waals surface area (Å²) in [6.07, 6.45) is 0.177. The third kappa shape index (κ3) is 2.97. The van der Waals surface area contributed by atoms with Gasteiger partial charge in [0.15, 0.2) is 0 Å². The second kappa shape index (κ2) is 5.63. The Balaban J connectivity index is 2.13. The Morgan fingerprint density at radius 1 is 1.39 bits per heavy atom. The lowest BCUT2D eigenvalue weighted by molar-refractivity contribution is 0.111. The molecule has 100 valence electrons. The van der Waals surface area contributed by atoms with E-state index >= 15 is 0 Å². The smallest absolute Gasteiger partial charge is 0.223 e. The van der Waals surface area contributed by atoms with Crippen LogP contribution in [0.1, 0.15) is 31.2 Å². The van der Waals surface area contributed by atoms with E-state index in [4.69, 9.17) is 4.74 Å². The third-order valence-corrected chi connectivity index (χ3v) is 3.24. The summed E-state index contributed by atoms with van der Waals surface area (Å²) in [5, 5.41) is 6.67. The molecule has 1 unspecified atom stereocenters. The predicted molar refractivity (Wildman–Crippen MR) is 71.9 cm³/mol. The van der Waals surface area contributed by atoms with Crippen LogP contribution in [0.2, 0.25) is 0 Å². The molecule has 0 aromatic carbocycles. The van der Waals surface area contributed by atoms with Crippen molar-refractivity contribution < 1.29 is 4.74 Å². The SMILES string of the molecule is CO[C@H]1CNCC1Nc1nc(C)cc(C(C)C)n1. The topological polar surface area (TPSA) is 59.1 Å². The lowest BCUT2D eigenvalue weighted by atomic mass is 10.1. The fourth-order valence-corrected chi connectivity index (χ4v) is 2.17. The fourth-order valence-electron chi connectivity index (χ4n) is 2.17. The number of ether oxygens (including phenoxy) is 1. The van der Waals surface area contributed by atoms with Crippen LogP contribution >= 0.6 is 0 Å². The highest BCUT2D eigenvalue weighted by molar-refractivity contribution is 5.31. The summed E-state index contributed by atoms with van der Waals surface area (Å²) < 4.78 is 5.42. The Morgan fingerprint density at radius 2 is 2.17 bits per heavy atom. The van der Waals surface area contributed by atoms with Gasteiger partial charge < -0.3 is 15.4 Å². The van der Waals surface area contributed by atoms with Crippen LogP contribution in [0, 0.1) is 6.92 Å². The molecule has 5 nitrogen and oxygen atoms in total. The molecule has 0 saturated carbocycles. The Hall–Kier alpha value is -1.20. The van der Waals surface area contributed by atoms with E-state index in [1.165, 1.54) is 0 Å². The molecule has 0 radical (unpaired) electrons. The fraction of sp³-hybridized carbons (Fsp3) is 0.692. The summed E-state index contributed by atoms with van der Waals surface area (Å²) in [5.41, 5.74) is 2.07. The summed E-state index contributed by atoms with van der Waals surface area (Å²) in [7, 11) is 1.74. The molecule has 0 bridgehead atoms. The average molecular weight is 250 g/mol. The molecule has 1 saturated heterocycles. The Bertz CT molecular complexity index is 408. The van der Waals surface area contributed by atoms with Gasteiger partial charge in [0, 0.05) is 31.6 Å². The zero-order valence-corrected chi connectivity index (χ0v) is 11.5. The molecule has 1 aliphatic heterocycles. The van der Waals surface area contributed by atoms with Gasteiger partial charge in [-0.15, -0.1) is 0 Å². The third-order valence-electron chi connectivity index (χ3n) is 3.24. The molecule has 2 N–H and O–H groups in total. The number of aryl methyl sites for hydroxylation is 1. The number of aromatic nitrogens is 2. The van der Waals surface area contributed by atoms with Gasteiger partial charge in [-0.1, -0.05) is 13.8 Å². The maximum absolute atomic E-state index is 5.42. The number of methoxy groups -OCH3 is 1. The van der Waals surface area contributed by atoms with E-state index in [1.54, 1.807) is 7.11 Å². The number of rotatable bonds is 4. The highest BCUT2D eigenvalue weighted by atomic mass is 16.5. The van der Waals surface area contributed by atoms with Crippen LogP contribution in [0.5, 0.6) is 0 Å². The molecule has 1 aromatic rings. The van der Waals surface area contributed by atoms with E-state index in [-0.39, 0.29) is 12.1 Å². The number of hydrogen-bond acceptors (Lipinski definition) is 5. The second-order valence-corrected chi connectivity index (χ2v) is 5.10. The number of hydrogen-bond donors (Lipinski definition) is 2. The van der Waals surface area contributed by atoms with Crippen molar-refractivity contribution in [2.24, 2.45) is 0 Å². The average Bonchev–Trinajstić information content (AvgIpc) is 2.75. The highest BCUT2D eigenvalue weighted by Gasteiger charge is 2.27. The first-order valence-electron chi connectivity index (χ1n) is 6.45. The molecule has 1 aromatic heterocycles. The lowest BCUT2D eigenvalue weighted by Gasteiger charge is -2.19. The van der Waals surface area contributed by atoms with Gasteiger partial charge in [-0.25, -0.2) is 9.97 Å². The van der Waals surface area contributed by atoms with Crippen LogP contribution in [-0.2, 0) is 4.74 Å². The van der Waals surface area contributed by atoms with Crippen LogP contribution < -0.4 is 10.6 Å². The Labute approximate surface area is 108 Å². The van der Waals surface area contributed by atoms with Crippen molar-refractivity contribution in [1.82, 2.24) is 15.3 Å². The van der Waals surface area contributed by atoms with Gasteiger partial charge in [0.25, 0.3) is 0 Å². The van der Waals surface area contributed by atoms with Crippen molar-refractivity contribution in [1.29, 1.82) is 0 Å². The summed E-state index contributed by atoms with van der Waals surface area (Å²) in [6.45, 7) is 8.03. The Kier molecular flexibility index (Phi) is 4.14. The van der Waals surface area contributed by atoms with Gasteiger partial charge in [-0.3, -0.25) is 0 Å². The maximum atomic E-state index is 5.42. The van der Waals surface area contributed by atoms with E-state index < -0.39 is 0 Å². The second-order valence-electron chi connectivity index (χ2n) is 5.10. The molecule has 0 aliphatic carbocycles. The van der Waals surface area contributed by atoms with Gasteiger partial charge in [0.2, 0.25) is 5.95 Å². The van der Waals surface area contributed by atoms with E-state index in [2.05, 4.69) is 34.4 Å². The van der Waals surface area contributed by atoms with Gasteiger partial charge in [0.1, 0.15) is 0 Å². The maximum Gasteiger partial charge on any atom is 0.223 e. The molecule has 5 heteroatoms. The van der Waals surface area contributed by atoms with Crippen LogP contribution in [-0.4, -0.2) is 42.3 Å². The van der Waals surface area contributed by atoms with Crippen molar-refractivity contribution >= 4 is 5.95 Å². The Morgan fingerprint density at radius 3 is 2.83 bits per heavy atom. The zero-order valence-electron chi connectivity index (χ0n) is 11.5. The monoisotopic (exact) mass is 250 g/mol. The minimum atomic E-state index is 0.177. The van der Waals surface area contributed by atoms with Gasteiger partial charge in [0.05, 0.1) is 12.1 Å². The number of nitrogens with one attached hydrogen (secondary N) is 2. The van der Waals surface area contributed by atoms with Crippen LogP contribution in [0.3, 0.4) is 0 Å². The summed E-state index contributed by atoms with van der Waals surface area (Å²) in [4.78, 5) is 9.00. The molecule has 0 spiro atoms. The predicted octanol–water partition coefficient (Wildman–Crippen LogP) is 1.31. The van der Waals surface area contributed by atoms with E-state index in [0.29, 0.717) is 11.9 Å². The summed E-state index contributed by atoms with van der Waals surface area (Å²) in [5.74, 6) is 1.11. The first-order valence-corrected chi connectivity index (χ1v) is 6.45.